The molecular formula is C27H31F2N5O2. The number of anilines is 4. The lowest BCUT2D eigenvalue weighted by molar-refractivity contribution is -0.117. The van der Waals surface area contributed by atoms with Gasteiger partial charge in [0.1, 0.15) is 17.5 Å². The van der Waals surface area contributed by atoms with E-state index in [0.29, 0.717) is 28.6 Å². The number of primary amides is 1. The number of carbonyl (C=O) groups is 1. The van der Waals surface area contributed by atoms with Crippen LogP contribution in [0.1, 0.15) is 30.4 Å². The van der Waals surface area contributed by atoms with E-state index in [0.717, 1.165) is 49.8 Å². The Kier molecular flexibility index (Phi) is 8.32. The first-order valence-corrected chi connectivity index (χ1v) is 12.1. The Morgan fingerprint density at radius 2 is 1.78 bits per heavy atom. The number of aromatic nitrogens is 1. The first kappa shape index (κ1) is 25.4. The molecule has 1 amide bonds. The maximum absolute atomic E-state index is 13.5. The van der Waals surface area contributed by atoms with E-state index in [4.69, 9.17) is 10.8 Å². The number of benzene rings is 2. The van der Waals surface area contributed by atoms with Gasteiger partial charge in [0.2, 0.25) is 5.91 Å². The van der Waals surface area contributed by atoms with Gasteiger partial charge < -0.3 is 26.4 Å². The van der Waals surface area contributed by atoms with Gasteiger partial charge in [0.25, 0.3) is 0 Å². The molecule has 4 rings (SSSR count). The molecule has 1 aromatic heterocycles. The number of carbonyl (C=O) groups excluding carboxylic acids is 1. The lowest BCUT2D eigenvalue weighted by atomic mass is 9.93. The molecule has 1 fully saturated rings. The average Bonchev–Trinajstić information content (AvgIpc) is 2.84. The van der Waals surface area contributed by atoms with E-state index in [9.17, 15) is 13.6 Å². The van der Waals surface area contributed by atoms with Crippen molar-refractivity contribution in [2.24, 2.45) is 11.7 Å². The molecule has 0 spiro atoms. The number of pyridine rings is 1. The van der Waals surface area contributed by atoms with Crippen molar-refractivity contribution in [1.29, 1.82) is 0 Å². The Morgan fingerprint density at radius 1 is 1.08 bits per heavy atom. The topological polar surface area (TPSA) is 104 Å². The van der Waals surface area contributed by atoms with E-state index in [1.54, 1.807) is 12.3 Å². The lowest BCUT2D eigenvalue weighted by Crippen LogP contribution is -2.33. The molecule has 0 aliphatic carbocycles. The molecule has 0 unspecified atom stereocenters. The number of hydrogen-bond donors (Lipinski definition) is 4. The van der Waals surface area contributed by atoms with Gasteiger partial charge >= 0.3 is 0 Å². The number of amides is 1. The highest BCUT2D eigenvalue weighted by atomic mass is 19.1. The number of piperidine rings is 1. The van der Waals surface area contributed by atoms with Gasteiger partial charge in [-0.25, -0.2) is 13.8 Å². The average molecular weight is 496 g/mol. The van der Waals surface area contributed by atoms with Crippen LogP contribution in [0.5, 0.6) is 0 Å². The van der Waals surface area contributed by atoms with Gasteiger partial charge in [-0.1, -0.05) is 0 Å². The molecule has 0 radical (unpaired) electrons. The zero-order chi connectivity index (χ0) is 25.5. The maximum Gasteiger partial charge on any atom is 0.221 e. The number of nitrogens with one attached hydrogen (secondary N) is 2. The van der Waals surface area contributed by atoms with E-state index < -0.39 is 17.5 Å². The maximum atomic E-state index is 13.5. The summed E-state index contributed by atoms with van der Waals surface area (Å²) in [7, 11) is 0. The highest BCUT2D eigenvalue weighted by Gasteiger charge is 2.19. The standard InChI is InChI=1S/C27H31F2N5O2/c28-21-11-19(12-22(29)14-21)16-31-25-15-27(32-17-20(25)13-26(30)36)33-23-1-3-24(4-2-23)34-8-5-18(6-9-34)7-10-35/h1-4,11-12,14-15,17-18,35H,5-10,13,16H2,(H2,30,36)(H2,31,32,33). The summed E-state index contributed by atoms with van der Waals surface area (Å²) in [6.07, 6.45) is 4.58. The molecule has 7 nitrogen and oxygen atoms in total. The predicted octanol–water partition coefficient (Wildman–Crippen LogP) is 4.34. The minimum Gasteiger partial charge on any atom is -0.396 e. The van der Waals surface area contributed by atoms with Crippen molar-refractivity contribution in [2.45, 2.75) is 32.2 Å². The van der Waals surface area contributed by atoms with Crippen LogP contribution >= 0.6 is 0 Å². The Balaban J connectivity index is 1.43. The second-order valence-electron chi connectivity index (χ2n) is 9.12. The van der Waals surface area contributed by atoms with Crippen LogP contribution in [0.3, 0.4) is 0 Å². The summed E-state index contributed by atoms with van der Waals surface area (Å²) in [5, 5.41) is 15.5. The molecule has 1 saturated heterocycles. The third-order valence-electron chi connectivity index (χ3n) is 6.41. The molecular weight excluding hydrogens is 464 g/mol. The SMILES string of the molecule is NC(=O)Cc1cnc(Nc2ccc(N3CCC(CCO)CC3)cc2)cc1NCc1cc(F)cc(F)c1. The number of nitrogens with two attached hydrogens (primary N) is 1. The van der Waals surface area contributed by atoms with Crippen molar-refractivity contribution in [2.75, 3.05) is 35.2 Å². The molecule has 5 N–H and O–H groups in total. The van der Waals surface area contributed by atoms with Gasteiger partial charge in [-0.2, -0.15) is 0 Å². The smallest absolute Gasteiger partial charge is 0.221 e. The van der Waals surface area contributed by atoms with Gasteiger partial charge in [0, 0.05) is 67.2 Å². The molecule has 1 aliphatic rings. The summed E-state index contributed by atoms with van der Waals surface area (Å²) in [6, 6.07) is 13.2. The summed E-state index contributed by atoms with van der Waals surface area (Å²) in [6.45, 7) is 2.37. The highest BCUT2D eigenvalue weighted by molar-refractivity contribution is 5.79. The summed E-state index contributed by atoms with van der Waals surface area (Å²) in [5.41, 5.74) is 8.99. The van der Waals surface area contributed by atoms with Crippen LogP contribution in [-0.2, 0) is 17.8 Å². The van der Waals surface area contributed by atoms with Crippen molar-refractivity contribution >= 4 is 28.8 Å². The minimum atomic E-state index is -0.653. The molecule has 1 aliphatic heterocycles. The van der Waals surface area contributed by atoms with Crippen molar-refractivity contribution in [3.63, 3.8) is 0 Å². The van der Waals surface area contributed by atoms with Crippen LogP contribution in [0.4, 0.5) is 31.7 Å². The largest absolute Gasteiger partial charge is 0.396 e. The van der Waals surface area contributed by atoms with Gasteiger partial charge in [-0.15, -0.1) is 0 Å². The van der Waals surface area contributed by atoms with Crippen molar-refractivity contribution in [3.8, 4) is 0 Å². The fraction of sp³-hybridized carbons (Fsp3) is 0.333. The molecule has 2 heterocycles. The molecule has 190 valence electrons. The molecule has 9 heteroatoms. The fourth-order valence-corrected chi connectivity index (χ4v) is 4.52. The Labute approximate surface area is 209 Å². The summed E-state index contributed by atoms with van der Waals surface area (Å²) in [4.78, 5) is 18.3. The van der Waals surface area contributed by atoms with Gasteiger partial charge in [-0.05, 0) is 67.1 Å². The van der Waals surface area contributed by atoms with Crippen LogP contribution in [0.15, 0.2) is 54.7 Å². The highest BCUT2D eigenvalue weighted by Crippen LogP contribution is 2.28. The zero-order valence-electron chi connectivity index (χ0n) is 20.0. The second kappa shape index (κ2) is 11.8. The lowest BCUT2D eigenvalue weighted by Gasteiger charge is -2.33. The number of nitrogens with zero attached hydrogens (tertiary/aromatic N) is 2. The van der Waals surface area contributed by atoms with E-state index in [2.05, 4.69) is 32.7 Å². The molecule has 0 bridgehead atoms. The van der Waals surface area contributed by atoms with Crippen LogP contribution in [0.2, 0.25) is 0 Å². The third-order valence-corrected chi connectivity index (χ3v) is 6.41. The van der Waals surface area contributed by atoms with E-state index >= 15 is 0 Å². The van der Waals surface area contributed by atoms with E-state index in [-0.39, 0.29) is 19.6 Å². The van der Waals surface area contributed by atoms with Crippen molar-refractivity contribution in [3.05, 3.63) is 77.5 Å². The van der Waals surface area contributed by atoms with Crippen LogP contribution in [0, 0.1) is 17.6 Å². The number of rotatable bonds is 10. The summed E-state index contributed by atoms with van der Waals surface area (Å²) < 4.78 is 27.1. The van der Waals surface area contributed by atoms with Crippen LogP contribution < -0.4 is 21.3 Å². The van der Waals surface area contributed by atoms with Gasteiger partial charge in [-0.3, -0.25) is 4.79 Å². The first-order chi connectivity index (χ1) is 17.4. The van der Waals surface area contributed by atoms with Gasteiger partial charge in [0.05, 0.1) is 6.42 Å². The number of aliphatic hydroxyl groups is 1. The van der Waals surface area contributed by atoms with Gasteiger partial charge in [0.15, 0.2) is 0 Å². The molecule has 0 saturated carbocycles. The summed E-state index contributed by atoms with van der Waals surface area (Å²) >= 11 is 0. The van der Waals surface area contributed by atoms with Crippen LogP contribution in [-0.4, -0.2) is 35.7 Å². The van der Waals surface area contributed by atoms with Crippen LogP contribution in [0.25, 0.3) is 0 Å². The Hall–Kier alpha value is -3.72. The van der Waals surface area contributed by atoms with Crippen molar-refractivity contribution in [1.82, 2.24) is 4.98 Å². The number of halogens is 2. The number of hydrogen-bond acceptors (Lipinski definition) is 6. The number of aliphatic hydroxyl groups excluding tert-OH is 1. The first-order valence-electron chi connectivity index (χ1n) is 12.1. The monoisotopic (exact) mass is 495 g/mol. The molecule has 3 aromatic rings. The van der Waals surface area contributed by atoms with E-state index in [1.807, 2.05) is 12.1 Å². The molecule has 2 aromatic carbocycles. The molecule has 0 atom stereocenters. The van der Waals surface area contributed by atoms with E-state index in [1.165, 1.54) is 12.1 Å². The predicted molar refractivity (Wildman–Crippen MR) is 137 cm³/mol. The summed E-state index contributed by atoms with van der Waals surface area (Å²) in [5.74, 6) is -0.668. The Bertz CT molecular complexity index is 1160. The second-order valence-corrected chi connectivity index (χ2v) is 9.12. The normalized spacial score (nSPS) is 14.0. The third kappa shape index (κ3) is 6.91. The molecule has 36 heavy (non-hydrogen) atoms. The fourth-order valence-electron chi connectivity index (χ4n) is 4.52. The minimum absolute atomic E-state index is 0.0170. The Morgan fingerprint density at radius 3 is 2.42 bits per heavy atom. The van der Waals surface area contributed by atoms with Crippen molar-refractivity contribution < 1.29 is 18.7 Å². The zero-order valence-corrected chi connectivity index (χ0v) is 20.0. The quantitative estimate of drug-likeness (QED) is 0.334.